The Labute approximate surface area is 120 Å². The van der Waals surface area contributed by atoms with Crippen molar-refractivity contribution < 1.29 is 14.3 Å². The molecule has 110 valence electrons. The van der Waals surface area contributed by atoms with Gasteiger partial charge in [-0.2, -0.15) is 0 Å². The fourth-order valence-electron chi connectivity index (χ4n) is 2.23. The summed E-state index contributed by atoms with van der Waals surface area (Å²) in [5, 5.41) is 2.94. The first-order valence-corrected chi connectivity index (χ1v) is 7.04. The lowest BCUT2D eigenvalue weighted by Crippen LogP contribution is -2.48. The van der Waals surface area contributed by atoms with Gasteiger partial charge in [0.2, 0.25) is 5.91 Å². The van der Waals surface area contributed by atoms with Gasteiger partial charge in [0.05, 0.1) is 26.2 Å². The van der Waals surface area contributed by atoms with E-state index in [1.165, 1.54) is 0 Å². The third kappa shape index (κ3) is 3.73. The van der Waals surface area contributed by atoms with E-state index in [0.717, 1.165) is 30.1 Å². The molecule has 1 aliphatic heterocycles. The van der Waals surface area contributed by atoms with Crippen LogP contribution in [0.25, 0.3) is 0 Å². The van der Waals surface area contributed by atoms with Crippen molar-refractivity contribution in [2.75, 3.05) is 26.4 Å². The Morgan fingerprint density at radius 3 is 2.55 bits per heavy atom. The Kier molecular flexibility index (Phi) is 4.65. The van der Waals surface area contributed by atoms with Gasteiger partial charge in [-0.15, -0.1) is 0 Å². The summed E-state index contributed by atoms with van der Waals surface area (Å²) in [6, 6.07) is 6.03. The van der Waals surface area contributed by atoms with Gasteiger partial charge in [-0.25, -0.2) is 0 Å². The Balaban J connectivity index is 1.71. The maximum Gasteiger partial charge on any atom is 0.223 e. The average molecular weight is 277 g/mol. The van der Waals surface area contributed by atoms with Crippen LogP contribution in [0.1, 0.15) is 24.5 Å². The summed E-state index contributed by atoms with van der Waals surface area (Å²) in [6.07, 6.45) is 0.380. The Morgan fingerprint density at radius 1 is 1.35 bits per heavy atom. The van der Waals surface area contributed by atoms with Crippen molar-refractivity contribution in [3.63, 3.8) is 0 Å². The lowest BCUT2D eigenvalue weighted by atomic mass is 9.89. The number of aryl methyl sites for hydroxylation is 2. The number of para-hydroxylation sites is 1. The van der Waals surface area contributed by atoms with Crippen molar-refractivity contribution in [3.05, 3.63) is 29.3 Å². The minimum atomic E-state index is 0.0318. The first kappa shape index (κ1) is 14.9. The molecule has 1 aliphatic rings. The average Bonchev–Trinajstić information content (AvgIpc) is 2.37. The van der Waals surface area contributed by atoms with E-state index < -0.39 is 0 Å². The highest BCUT2D eigenvalue weighted by Gasteiger charge is 2.33. The summed E-state index contributed by atoms with van der Waals surface area (Å²) < 4.78 is 10.9. The molecule has 2 rings (SSSR count). The summed E-state index contributed by atoms with van der Waals surface area (Å²) in [4.78, 5) is 11.8. The molecule has 0 saturated carbocycles. The lowest BCUT2D eigenvalue weighted by Gasteiger charge is -2.38. The number of benzene rings is 1. The SMILES string of the molecule is Cc1cccc(C)c1OCCC(=O)NCC1(C)COC1. The van der Waals surface area contributed by atoms with E-state index in [0.29, 0.717) is 19.6 Å². The van der Waals surface area contributed by atoms with Gasteiger partial charge in [0, 0.05) is 12.0 Å². The predicted octanol–water partition coefficient (Wildman–Crippen LogP) is 2.23. The first-order chi connectivity index (χ1) is 9.50. The third-order valence-electron chi connectivity index (χ3n) is 3.60. The predicted molar refractivity (Wildman–Crippen MR) is 78.0 cm³/mol. The molecule has 0 spiro atoms. The highest BCUT2D eigenvalue weighted by Crippen LogP contribution is 2.25. The molecule has 4 heteroatoms. The summed E-state index contributed by atoms with van der Waals surface area (Å²) in [5.41, 5.74) is 2.32. The zero-order chi connectivity index (χ0) is 14.6. The van der Waals surface area contributed by atoms with Gasteiger partial charge in [-0.1, -0.05) is 25.1 Å². The molecule has 0 atom stereocenters. The van der Waals surface area contributed by atoms with E-state index in [9.17, 15) is 4.79 Å². The van der Waals surface area contributed by atoms with Crippen LogP contribution >= 0.6 is 0 Å². The standard InChI is InChI=1S/C16H23NO3/c1-12-5-4-6-13(2)15(12)20-8-7-14(18)17-9-16(3)10-19-11-16/h4-6H,7-11H2,1-3H3,(H,17,18). The van der Waals surface area contributed by atoms with Crippen molar-refractivity contribution in [2.24, 2.45) is 5.41 Å². The first-order valence-electron chi connectivity index (χ1n) is 7.04. The fourth-order valence-corrected chi connectivity index (χ4v) is 2.23. The molecule has 0 aliphatic carbocycles. The summed E-state index contributed by atoms with van der Waals surface area (Å²) >= 11 is 0. The van der Waals surface area contributed by atoms with Gasteiger partial charge < -0.3 is 14.8 Å². The normalized spacial score (nSPS) is 16.4. The van der Waals surface area contributed by atoms with Crippen LogP contribution < -0.4 is 10.1 Å². The minimum Gasteiger partial charge on any atom is -0.493 e. The van der Waals surface area contributed by atoms with Crippen LogP contribution in [0.2, 0.25) is 0 Å². The molecule has 1 aromatic rings. The largest absolute Gasteiger partial charge is 0.493 e. The maximum atomic E-state index is 11.8. The Morgan fingerprint density at radius 2 is 2.00 bits per heavy atom. The second kappa shape index (κ2) is 6.27. The van der Waals surface area contributed by atoms with E-state index in [-0.39, 0.29) is 11.3 Å². The van der Waals surface area contributed by atoms with E-state index in [2.05, 4.69) is 12.2 Å². The fraction of sp³-hybridized carbons (Fsp3) is 0.562. The van der Waals surface area contributed by atoms with E-state index in [1.54, 1.807) is 0 Å². The van der Waals surface area contributed by atoms with Gasteiger partial charge in [-0.3, -0.25) is 4.79 Å². The van der Waals surface area contributed by atoms with E-state index in [1.807, 2.05) is 32.0 Å². The Bertz CT molecular complexity index is 460. The molecule has 0 radical (unpaired) electrons. The zero-order valence-corrected chi connectivity index (χ0v) is 12.5. The van der Waals surface area contributed by atoms with Crippen LogP contribution in [0.15, 0.2) is 18.2 Å². The topological polar surface area (TPSA) is 47.6 Å². The van der Waals surface area contributed by atoms with Crippen LogP contribution in [0.4, 0.5) is 0 Å². The highest BCUT2D eigenvalue weighted by atomic mass is 16.5. The number of ether oxygens (including phenoxy) is 2. The smallest absolute Gasteiger partial charge is 0.223 e. The molecule has 1 aromatic carbocycles. The maximum absolute atomic E-state index is 11.8. The lowest BCUT2D eigenvalue weighted by molar-refractivity contribution is -0.127. The van der Waals surface area contributed by atoms with Crippen LogP contribution in [0, 0.1) is 19.3 Å². The van der Waals surface area contributed by atoms with Crippen molar-refractivity contribution in [3.8, 4) is 5.75 Å². The van der Waals surface area contributed by atoms with Gasteiger partial charge >= 0.3 is 0 Å². The number of rotatable bonds is 6. The van der Waals surface area contributed by atoms with Crippen LogP contribution in [0.3, 0.4) is 0 Å². The summed E-state index contributed by atoms with van der Waals surface area (Å²) in [6.45, 7) is 8.68. The molecule has 1 heterocycles. The molecule has 1 amide bonds. The molecule has 1 N–H and O–H groups in total. The monoisotopic (exact) mass is 277 g/mol. The Hall–Kier alpha value is -1.55. The van der Waals surface area contributed by atoms with Crippen molar-refractivity contribution in [1.29, 1.82) is 0 Å². The number of nitrogens with one attached hydrogen (secondary N) is 1. The van der Waals surface area contributed by atoms with Crippen LogP contribution in [-0.4, -0.2) is 32.3 Å². The van der Waals surface area contributed by atoms with Gasteiger partial charge in [-0.05, 0) is 25.0 Å². The number of amides is 1. The molecular weight excluding hydrogens is 254 g/mol. The zero-order valence-electron chi connectivity index (χ0n) is 12.5. The molecule has 4 nitrogen and oxygen atoms in total. The number of hydrogen-bond donors (Lipinski definition) is 1. The number of carbonyl (C=O) groups excluding carboxylic acids is 1. The van der Waals surface area contributed by atoms with Crippen molar-refractivity contribution in [2.45, 2.75) is 27.2 Å². The molecular formula is C16H23NO3. The molecule has 1 saturated heterocycles. The van der Waals surface area contributed by atoms with Gasteiger partial charge in [0.25, 0.3) is 0 Å². The van der Waals surface area contributed by atoms with Crippen LogP contribution in [-0.2, 0) is 9.53 Å². The van der Waals surface area contributed by atoms with Crippen molar-refractivity contribution >= 4 is 5.91 Å². The molecule has 1 fully saturated rings. The molecule has 20 heavy (non-hydrogen) atoms. The van der Waals surface area contributed by atoms with Crippen molar-refractivity contribution in [1.82, 2.24) is 5.32 Å². The van der Waals surface area contributed by atoms with Gasteiger partial charge in [0.15, 0.2) is 0 Å². The molecule has 0 unspecified atom stereocenters. The molecule has 0 bridgehead atoms. The summed E-state index contributed by atoms with van der Waals surface area (Å²) in [5.74, 6) is 0.920. The number of hydrogen-bond acceptors (Lipinski definition) is 3. The minimum absolute atomic E-state index is 0.0318. The second-order valence-electron chi connectivity index (χ2n) is 5.90. The van der Waals surface area contributed by atoms with Gasteiger partial charge in [0.1, 0.15) is 5.75 Å². The van der Waals surface area contributed by atoms with E-state index in [4.69, 9.17) is 9.47 Å². The van der Waals surface area contributed by atoms with Crippen LogP contribution in [0.5, 0.6) is 5.75 Å². The number of carbonyl (C=O) groups is 1. The quantitative estimate of drug-likeness (QED) is 0.867. The summed E-state index contributed by atoms with van der Waals surface area (Å²) in [7, 11) is 0. The third-order valence-corrected chi connectivity index (χ3v) is 3.60. The second-order valence-corrected chi connectivity index (χ2v) is 5.90. The molecule has 0 aromatic heterocycles. The van der Waals surface area contributed by atoms with E-state index >= 15 is 0 Å². The highest BCUT2D eigenvalue weighted by molar-refractivity contribution is 5.76.